The summed E-state index contributed by atoms with van der Waals surface area (Å²) < 4.78 is 0. The Morgan fingerprint density at radius 1 is 1.21 bits per heavy atom. The van der Waals surface area contributed by atoms with E-state index >= 15 is 0 Å². The van der Waals surface area contributed by atoms with Crippen LogP contribution in [0.3, 0.4) is 0 Å². The second-order valence-corrected chi connectivity index (χ2v) is 10.3. The summed E-state index contributed by atoms with van der Waals surface area (Å²) in [5, 5.41) is 23.6. The molecular formula is C24H41NO3. The molecule has 0 aromatic rings. The second kappa shape index (κ2) is 8.87. The minimum absolute atomic E-state index is 0.0384. The van der Waals surface area contributed by atoms with Crippen molar-refractivity contribution in [2.24, 2.45) is 34.5 Å². The van der Waals surface area contributed by atoms with Crippen LogP contribution >= 0.6 is 0 Å². The number of amides is 1. The van der Waals surface area contributed by atoms with Gasteiger partial charge in [-0.25, -0.2) is 0 Å². The van der Waals surface area contributed by atoms with Gasteiger partial charge in [0.2, 0.25) is 5.91 Å². The van der Waals surface area contributed by atoms with Gasteiger partial charge in [-0.3, -0.25) is 4.79 Å². The molecule has 3 N–H and O–H groups in total. The number of fused-ring (bicyclic) bond motifs is 1. The zero-order valence-electron chi connectivity index (χ0n) is 18.1. The first kappa shape index (κ1) is 21.8. The molecule has 4 heteroatoms. The van der Waals surface area contributed by atoms with Crippen molar-refractivity contribution in [3.8, 4) is 0 Å². The van der Waals surface area contributed by atoms with Crippen LogP contribution in [0.5, 0.6) is 0 Å². The van der Waals surface area contributed by atoms with Crippen LogP contribution in [-0.4, -0.2) is 35.4 Å². The van der Waals surface area contributed by atoms with Crippen molar-refractivity contribution in [3.63, 3.8) is 0 Å². The number of hydrogen-bond acceptors (Lipinski definition) is 3. The second-order valence-electron chi connectivity index (χ2n) is 10.3. The summed E-state index contributed by atoms with van der Waals surface area (Å²) in [6.45, 7) is 7.76. The van der Waals surface area contributed by atoms with Crippen LogP contribution in [0, 0.1) is 34.5 Å². The van der Waals surface area contributed by atoms with E-state index in [4.69, 9.17) is 0 Å². The van der Waals surface area contributed by atoms with Gasteiger partial charge in [-0.2, -0.15) is 0 Å². The fourth-order valence-electron chi connectivity index (χ4n) is 6.70. The number of carbonyl (C=O) groups excluding carboxylic acids is 1. The van der Waals surface area contributed by atoms with Crippen LogP contribution in [0.4, 0.5) is 0 Å². The Morgan fingerprint density at radius 2 is 2.00 bits per heavy atom. The Bertz CT molecular complexity index is 576. The normalized spacial score (nSPS) is 43.0. The number of rotatable bonds is 7. The van der Waals surface area contributed by atoms with Gasteiger partial charge in [-0.15, -0.1) is 0 Å². The van der Waals surface area contributed by atoms with Crippen LogP contribution in [-0.2, 0) is 4.79 Å². The molecule has 3 rings (SSSR count). The zero-order valence-corrected chi connectivity index (χ0v) is 18.1. The molecule has 0 aliphatic heterocycles. The molecule has 2 saturated carbocycles. The predicted molar refractivity (Wildman–Crippen MR) is 113 cm³/mol. The van der Waals surface area contributed by atoms with E-state index in [2.05, 4.69) is 38.2 Å². The van der Waals surface area contributed by atoms with E-state index in [1.807, 2.05) is 0 Å². The van der Waals surface area contributed by atoms with E-state index < -0.39 is 0 Å². The zero-order chi connectivity index (χ0) is 20.4. The number of hydrogen-bond donors (Lipinski definition) is 3. The van der Waals surface area contributed by atoms with E-state index in [0.29, 0.717) is 30.6 Å². The molecule has 4 nitrogen and oxygen atoms in total. The van der Waals surface area contributed by atoms with Crippen LogP contribution in [0.25, 0.3) is 0 Å². The first-order chi connectivity index (χ1) is 13.3. The van der Waals surface area contributed by atoms with Gasteiger partial charge >= 0.3 is 0 Å². The molecule has 7 atom stereocenters. The topological polar surface area (TPSA) is 69.6 Å². The SMILES string of the molecule is CCCCC(=O)NCC1C2CC=CC2(C)CCC1C1(C)CCC(O)CC1CO. The number of unbranched alkanes of at least 4 members (excludes halogenated alkanes) is 1. The lowest BCUT2D eigenvalue weighted by atomic mass is 9.49. The first-order valence-electron chi connectivity index (χ1n) is 11.6. The summed E-state index contributed by atoms with van der Waals surface area (Å²) >= 11 is 0. The Kier molecular flexibility index (Phi) is 6.92. The Morgan fingerprint density at radius 3 is 2.71 bits per heavy atom. The highest BCUT2D eigenvalue weighted by atomic mass is 16.3. The van der Waals surface area contributed by atoms with Gasteiger partial charge in [0.05, 0.1) is 6.10 Å². The largest absolute Gasteiger partial charge is 0.396 e. The van der Waals surface area contributed by atoms with E-state index in [0.717, 1.165) is 45.1 Å². The number of carbonyl (C=O) groups is 1. The Balaban J connectivity index is 1.80. The van der Waals surface area contributed by atoms with Crippen LogP contribution < -0.4 is 5.32 Å². The van der Waals surface area contributed by atoms with Gasteiger partial charge in [-0.05, 0) is 79.4 Å². The van der Waals surface area contributed by atoms with Crippen molar-refractivity contribution in [1.82, 2.24) is 5.32 Å². The molecule has 3 aliphatic carbocycles. The molecule has 1 amide bonds. The smallest absolute Gasteiger partial charge is 0.220 e. The fraction of sp³-hybridized carbons (Fsp3) is 0.875. The number of nitrogens with one attached hydrogen (secondary N) is 1. The van der Waals surface area contributed by atoms with E-state index in [1.54, 1.807) is 0 Å². The molecule has 0 saturated heterocycles. The highest BCUT2D eigenvalue weighted by Gasteiger charge is 2.54. The van der Waals surface area contributed by atoms with Gasteiger partial charge < -0.3 is 15.5 Å². The molecule has 7 unspecified atom stereocenters. The van der Waals surface area contributed by atoms with Gasteiger partial charge in [0.15, 0.2) is 0 Å². The van der Waals surface area contributed by atoms with Crippen LogP contribution in [0.15, 0.2) is 12.2 Å². The average Bonchev–Trinajstić information content (AvgIpc) is 3.08. The summed E-state index contributed by atoms with van der Waals surface area (Å²) in [5.41, 5.74) is 0.283. The molecule has 3 aliphatic rings. The van der Waals surface area contributed by atoms with Gasteiger partial charge in [0.1, 0.15) is 0 Å². The molecule has 0 aromatic carbocycles. The van der Waals surface area contributed by atoms with Crippen molar-refractivity contribution < 1.29 is 15.0 Å². The summed E-state index contributed by atoms with van der Waals surface area (Å²) in [6, 6.07) is 0. The summed E-state index contributed by atoms with van der Waals surface area (Å²) in [6.07, 6.45) is 13.0. The lowest BCUT2D eigenvalue weighted by molar-refractivity contribution is -0.123. The minimum atomic E-state index is -0.278. The first-order valence-corrected chi connectivity index (χ1v) is 11.6. The summed E-state index contributed by atoms with van der Waals surface area (Å²) in [5.74, 6) is 1.83. The standard InChI is InChI=1S/C24H41NO3/c1-4-5-8-22(28)25-15-19-20-7-6-11-23(20,2)12-10-21(19)24(3)13-9-18(27)14-17(24)16-26/h6,11,17-21,26-27H,4-5,7-10,12-16H2,1-3H3,(H,25,28). The third-order valence-electron chi connectivity index (χ3n) is 8.63. The van der Waals surface area contributed by atoms with Gasteiger partial charge in [0, 0.05) is 19.6 Å². The highest BCUT2D eigenvalue weighted by Crippen LogP contribution is 2.60. The van der Waals surface area contributed by atoms with Crippen molar-refractivity contribution in [2.45, 2.75) is 84.7 Å². The molecule has 0 aromatic heterocycles. The molecule has 0 radical (unpaired) electrons. The monoisotopic (exact) mass is 391 g/mol. The van der Waals surface area contributed by atoms with Crippen molar-refractivity contribution >= 4 is 5.91 Å². The van der Waals surface area contributed by atoms with E-state index in [-0.39, 0.29) is 35.4 Å². The number of aliphatic hydroxyl groups is 2. The third kappa shape index (κ3) is 4.18. The molecular weight excluding hydrogens is 350 g/mol. The molecule has 2 fully saturated rings. The van der Waals surface area contributed by atoms with Gasteiger partial charge in [-0.1, -0.05) is 39.3 Å². The predicted octanol–water partition coefficient (Wildman–Crippen LogP) is 4.06. The van der Waals surface area contributed by atoms with Crippen molar-refractivity contribution in [3.05, 3.63) is 12.2 Å². The Labute approximate surface area is 171 Å². The Hall–Kier alpha value is -0.870. The van der Waals surface area contributed by atoms with Crippen molar-refractivity contribution in [1.29, 1.82) is 0 Å². The quantitative estimate of drug-likeness (QED) is 0.573. The minimum Gasteiger partial charge on any atom is -0.396 e. The average molecular weight is 392 g/mol. The summed E-state index contributed by atoms with van der Waals surface area (Å²) in [4.78, 5) is 12.3. The van der Waals surface area contributed by atoms with E-state index in [9.17, 15) is 15.0 Å². The maximum absolute atomic E-state index is 12.3. The number of aliphatic hydroxyl groups excluding tert-OH is 2. The maximum atomic E-state index is 12.3. The van der Waals surface area contributed by atoms with Crippen LogP contribution in [0.2, 0.25) is 0 Å². The third-order valence-corrected chi connectivity index (χ3v) is 8.63. The molecule has 160 valence electrons. The fourth-order valence-corrected chi connectivity index (χ4v) is 6.70. The highest BCUT2D eigenvalue weighted by molar-refractivity contribution is 5.75. The molecule has 0 heterocycles. The van der Waals surface area contributed by atoms with Crippen molar-refractivity contribution in [2.75, 3.05) is 13.2 Å². The van der Waals surface area contributed by atoms with Crippen LogP contribution in [0.1, 0.15) is 78.6 Å². The van der Waals surface area contributed by atoms with E-state index in [1.165, 1.54) is 6.42 Å². The number of allylic oxidation sites excluding steroid dienone is 2. The molecule has 0 bridgehead atoms. The summed E-state index contributed by atoms with van der Waals surface area (Å²) in [7, 11) is 0. The maximum Gasteiger partial charge on any atom is 0.220 e. The molecule has 28 heavy (non-hydrogen) atoms. The lowest BCUT2D eigenvalue weighted by Crippen LogP contribution is -2.53. The van der Waals surface area contributed by atoms with Gasteiger partial charge in [0.25, 0.3) is 0 Å². The molecule has 0 spiro atoms. The lowest BCUT2D eigenvalue weighted by Gasteiger charge is -2.56.